The minimum Gasteiger partial charge on any atom is -0.384 e. The van der Waals surface area contributed by atoms with Crippen molar-refractivity contribution in [3.05, 3.63) is 29.6 Å². The van der Waals surface area contributed by atoms with Crippen LogP contribution in [0, 0.1) is 11.2 Å². The van der Waals surface area contributed by atoms with E-state index in [1.807, 2.05) is 0 Å². The first-order chi connectivity index (χ1) is 5.66. The van der Waals surface area contributed by atoms with Crippen LogP contribution in [0.4, 0.5) is 4.39 Å². The van der Waals surface area contributed by atoms with Crippen LogP contribution < -0.4 is 5.73 Å². The third-order valence-corrected chi connectivity index (χ3v) is 2.23. The molecule has 0 saturated carbocycles. The van der Waals surface area contributed by atoms with Gasteiger partial charge in [-0.2, -0.15) is 0 Å². The summed E-state index contributed by atoms with van der Waals surface area (Å²) in [6.07, 6.45) is 1.78. The molecule has 1 aromatic rings. The molecule has 3 N–H and O–H groups in total. The molecule has 0 heterocycles. The van der Waals surface area contributed by atoms with Gasteiger partial charge in [0.25, 0.3) is 0 Å². The summed E-state index contributed by atoms with van der Waals surface area (Å²) in [7, 11) is 0. The monoisotopic (exact) mass is 184 g/mol. The maximum atomic E-state index is 13.3. The van der Waals surface area contributed by atoms with Crippen LogP contribution in [0.3, 0.4) is 0 Å². The van der Waals surface area contributed by atoms with E-state index in [-0.39, 0.29) is 11.4 Å². The normalized spacial score (nSPS) is 9.83. The number of amidine groups is 1. The van der Waals surface area contributed by atoms with Gasteiger partial charge in [-0.05, 0) is 18.4 Å². The van der Waals surface area contributed by atoms with Crippen molar-refractivity contribution in [3.63, 3.8) is 0 Å². The predicted molar refractivity (Wildman–Crippen MR) is 49.2 cm³/mol. The highest BCUT2D eigenvalue weighted by atomic mass is 32.2. The summed E-state index contributed by atoms with van der Waals surface area (Å²) < 4.78 is 13.3. The lowest BCUT2D eigenvalue weighted by Gasteiger charge is -2.03. The molecule has 4 heteroatoms. The average molecular weight is 184 g/mol. The highest BCUT2D eigenvalue weighted by Crippen LogP contribution is 2.21. The second kappa shape index (κ2) is 3.58. The van der Waals surface area contributed by atoms with Crippen molar-refractivity contribution in [2.45, 2.75) is 4.90 Å². The summed E-state index contributed by atoms with van der Waals surface area (Å²) in [6.45, 7) is 0. The molecule has 0 amide bonds. The van der Waals surface area contributed by atoms with E-state index >= 15 is 0 Å². The Labute approximate surface area is 74.5 Å². The molecule has 0 atom stereocenters. The van der Waals surface area contributed by atoms with E-state index in [1.54, 1.807) is 18.4 Å². The molecule has 0 aliphatic carbocycles. The first-order valence-electron chi connectivity index (χ1n) is 3.33. The van der Waals surface area contributed by atoms with Crippen LogP contribution >= 0.6 is 11.8 Å². The van der Waals surface area contributed by atoms with Crippen molar-refractivity contribution in [2.75, 3.05) is 6.26 Å². The van der Waals surface area contributed by atoms with E-state index in [1.165, 1.54) is 17.8 Å². The lowest BCUT2D eigenvalue weighted by atomic mass is 10.2. The van der Waals surface area contributed by atoms with E-state index in [4.69, 9.17) is 11.1 Å². The first-order valence-corrected chi connectivity index (χ1v) is 4.56. The zero-order chi connectivity index (χ0) is 9.14. The van der Waals surface area contributed by atoms with Gasteiger partial charge in [-0.15, -0.1) is 11.8 Å². The van der Waals surface area contributed by atoms with Crippen LogP contribution in [0.2, 0.25) is 0 Å². The minimum absolute atomic E-state index is 0.168. The van der Waals surface area contributed by atoms with Crippen LogP contribution in [-0.2, 0) is 0 Å². The topological polar surface area (TPSA) is 49.9 Å². The largest absolute Gasteiger partial charge is 0.384 e. The van der Waals surface area contributed by atoms with Gasteiger partial charge in [0.2, 0.25) is 0 Å². The van der Waals surface area contributed by atoms with Gasteiger partial charge >= 0.3 is 0 Å². The number of halogens is 1. The lowest BCUT2D eigenvalue weighted by molar-refractivity contribution is 0.599. The maximum Gasteiger partial charge on any atom is 0.147 e. The number of nitrogens with two attached hydrogens (primary N) is 1. The Balaban J connectivity index is 3.23. The number of nitrogen functional groups attached to an aromatic ring is 1. The summed E-state index contributed by atoms with van der Waals surface area (Å²) in [5.41, 5.74) is 5.34. The molecule has 0 unspecified atom stereocenters. The van der Waals surface area contributed by atoms with E-state index < -0.39 is 5.82 Å². The number of hydrogen-bond donors (Lipinski definition) is 2. The highest BCUT2D eigenvalue weighted by Gasteiger charge is 2.08. The molecule has 2 nitrogen and oxygen atoms in total. The standard InChI is InChI=1S/C8H9FN2S/c1-12-6-4-2-3-5(7(6)9)8(10)11/h2-4H,1H3,(H3,10,11). The van der Waals surface area contributed by atoms with E-state index in [2.05, 4.69) is 0 Å². The lowest BCUT2D eigenvalue weighted by Crippen LogP contribution is -2.13. The van der Waals surface area contributed by atoms with E-state index in [0.717, 1.165) is 0 Å². The van der Waals surface area contributed by atoms with Crippen molar-refractivity contribution in [1.82, 2.24) is 0 Å². The Morgan fingerprint density at radius 3 is 2.75 bits per heavy atom. The Bertz CT molecular complexity index is 312. The van der Waals surface area contributed by atoms with Gasteiger partial charge in [0.05, 0.1) is 5.56 Å². The van der Waals surface area contributed by atoms with Crippen LogP contribution in [0.1, 0.15) is 5.56 Å². The molecule has 0 aromatic heterocycles. The average Bonchev–Trinajstić information content (AvgIpc) is 2.04. The SMILES string of the molecule is CSc1cccc(C(=N)N)c1F. The van der Waals surface area contributed by atoms with E-state index in [0.29, 0.717) is 4.90 Å². The van der Waals surface area contributed by atoms with Crippen molar-refractivity contribution >= 4 is 17.6 Å². The van der Waals surface area contributed by atoms with Crippen LogP contribution in [0.15, 0.2) is 23.1 Å². The van der Waals surface area contributed by atoms with E-state index in [9.17, 15) is 4.39 Å². The number of thioether (sulfide) groups is 1. The molecule has 0 fully saturated rings. The number of hydrogen-bond acceptors (Lipinski definition) is 2. The third kappa shape index (κ3) is 1.58. The summed E-state index contributed by atoms with van der Waals surface area (Å²) in [6, 6.07) is 4.84. The Hall–Kier alpha value is -1.03. The molecule has 12 heavy (non-hydrogen) atoms. The molecule has 0 bridgehead atoms. The summed E-state index contributed by atoms with van der Waals surface area (Å²) in [5, 5.41) is 7.08. The van der Waals surface area contributed by atoms with Gasteiger partial charge in [-0.3, -0.25) is 5.41 Å². The van der Waals surface area contributed by atoms with Gasteiger partial charge in [-0.1, -0.05) is 6.07 Å². The van der Waals surface area contributed by atoms with Gasteiger partial charge in [0.1, 0.15) is 11.7 Å². The molecule has 64 valence electrons. The number of nitrogens with one attached hydrogen (secondary N) is 1. The molecule has 0 aliphatic rings. The smallest absolute Gasteiger partial charge is 0.147 e. The number of benzene rings is 1. The van der Waals surface area contributed by atoms with Crippen LogP contribution in [0.25, 0.3) is 0 Å². The maximum absolute atomic E-state index is 13.3. The molecule has 0 radical (unpaired) electrons. The molecular weight excluding hydrogens is 175 g/mol. The Morgan fingerprint density at radius 1 is 1.58 bits per heavy atom. The molecular formula is C8H9FN2S. The molecule has 0 aliphatic heterocycles. The fourth-order valence-electron chi connectivity index (χ4n) is 0.876. The fraction of sp³-hybridized carbons (Fsp3) is 0.125. The van der Waals surface area contributed by atoms with Crippen LogP contribution in [-0.4, -0.2) is 12.1 Å². The summed E-state index contributed by atoms with van der Waals surface area (Å²) in [4.78, 5) is 0.516. The second-order valence-corrected chi connectivity index (χ2v) is 3.08. The first kappa shape index (κ1) is 9.06. The summed E-state index contributed by atoms with van der Waals surface area (Å²) in [5.74, 6) is -0.638. The number of rotatable bonds is 2. The van der Waals surface area contributed by atoms with Gasteiger partial charge < -0.3 is 5.73 Å². The van der Waals surface area contributed by atoms with Crippen molar-refractivity contribution in [1.29, 1.82) is 5.41 Å². The zero-order valence-electron chi connectivity index (χ0n) is 6.60. The fourth-order valence-corrected chi connectivity index (χ4v) is 1.38. The van der Waals surface area contributed by atoms with Crippen molar-refractivity contribution in [2.24, 2.45) is 5.73 Å². The second-order valence-electron chi connectivity index (χ2n) is 2.24. The minimum atomic E-state index is -0.405. The van der Waals surface area contributed by atoms with Gasteiger partial charge in [0, 0.05) is 4.90 Å². The van der Waals surface area contributed by atoms with Crippen LogP contribution in [0.5, 0.6) is 0 Å². The Morgan fingerprint density at radius 2 is 2.25 bits per heavy atom. The molecule has 1 rings (SSSR count). The zero-order valence-corrected chi connectivity index (χ0v) is 7.41. The highest BCUT2D eigenvalue weighted by molar-refractivity contribution is 7.98. The quantitative estimate of drug-likeness (QED) is 0.418. The molecule has 0 spiro atoms. The van der Waals surface area contributed by atoms with Crippen molar-refractivity contribution < 1.29 is 4.39 Å². The molecule has 0 saturated heterocycles. The summed E-state index contributed by atoms with van der Waals surface area (Å²) >= 11 is 1.30. The van der Waals surface area contributed by atoms with Gasteiger partial charge in [-0.25, -0.2) is 4.39 Å². The van der Waals surface area contributed by atoms with Gasteiger partial charge in [0.15, 0.2) is 0 Å². The van der Waals surface area contributed by atoms with Crippen molar-refractivity contribution in [3.8, 4) is 0 Å². The third-order valence-electron chi connectivity index (χ3n) is 1.47. The molecule has 1 aromatic carbocycles. The predicted octanol–water partition coefficient (Wildman–Crippen LogP) is 1.83. The Kier molecular flexibility index (Phi) is 2.70.